The van der Waals surface area contributed by atoms with E-state index in [1.54, 1.807) is 25.6 Å². The zero-order valence-corrected chi connectivity index (χ0v) is 14.5. The number of hydrogen-bond acceptors (Lipinski definition) is 5. The molecule has 1 spiro atoms. The van der Waals surface area contributed by atoms with Crippen LogP contribution in [-0.4, -0.2) is 42.6 Å². The smallest absolute Gasteiger partial charge is 0.257 e. The molecule has 2 aliphatic heterocycles. The van der Waals surface area contributed by atoms with E-state index in [0.29, 0.717) is 24.4 Å². The Labute approximate surface area is 145 Å². The molecule has 24 heavy (non-hydrogen) atoms. The third-order valence-electron chi connectivity index (χ3n) is 5.04. The SMILES string of the molecule is COc1cnccc1C(=O)N1CCC2(CC1)OCCc1sccc12. The number of nitrogens with zero attached hydrogens (tertiary/aromatic N) is 2. The number of ether oxygens (including phenoxy) is 2. The van der Waals surface area contributed by atoms with Gasteiger partial charge in [-0.25, -0.2) is 0 Å². The van der Waals surface area contributed by atoms with Crippen LogP contribution >= 0.6 is 11.3 Å². The van der Waals surface area contributed by atoms with Crippen LogP contribution in [0.5, 0.6) is 5.75 Å². The molecular weight excluding hydrogens is 324 g/mol. The van der Waals surface area contributed by atoms with Crippen molar-refractivity contribution in [1.29, 1.82) is 0 Å². The minimum absolute atomic E-state index is 0.00505. The van der Waals surface area contributed by atoms with Crippen LogP contribution in [0, 0.1) is 0 Å². The van der Waals surface area contributed by atoms with Crippen molar-refractivity contribution in [1.82, 2.24) is 9.88 Å². The molecule has 0 bridgehead atoms. The van der Waals surface area contributed by atoms with E-state index in [1.807, 2.05) is 16.2 Å². The normalized spacial score (nSPS) is 19.1. The average Bonchev–Trinajstić information content (AvgIpc) is 3.12. The predicted molar refractivity (Wildman–Crippen MR) is 91.6 cm³/mol. The number of aromatic nitrogens is 1. The highest BCUT2D eigenvalue weighted by Gasteiger charge is 2.42. The van der Waals surface area contributed by atoms with Gasteiger partial charge in [-0.1, -0.05) is 0 Å². The van der Waals surface area contributed by atoms with Gasteiger partial charge in [-0.05, 0) is 35.9 Å². The number of carbonyl (C=O) groups excluding carboxylic acids is 1. The molecule has 0 atom stereocenters. The molecule has 0 saturated carbocycles. The summed E-state index contributed by atoms with van der Waals surface area (Å²) in [4.78, 5) is 20.2. The third-order valence-corrected chi connectivity index (χ3v) is 6.02. The van der Waals surface area contributed by atoms with Crippen LogP contribution in [0.1, 0.15) is 33.6 Å². The van der Waals surface area contributed by atoms with E-state index in [1.165, 1.54) is 10.4 Å². The van der Waals surface area contributed by atoms with Gasteiger partial charge in [-0.15, -0.1) is 11.3 Å². The van der Waals surface area contributed by atoms with Gasteiger partial charge in [0.2, 0.25) is 0 Å². The number of thiophene rings is 1. The number of likely N-dealkylation sites (tertiary alicyclic amines) is 1. The van der Waals surface area contributed by atoms with E-state index in [9.17, 15) is 4.79 Å². The third kappa shape index (κ3) is 2.50. The molecule has 1 amide bonds. The number of amides is 1. The van der Waals surface area contributed by atoms with E-state index in [0.717, 1.165) is 25.9 Å². The molecule has 2 aromatic rings. The molecule has 0 N–H and O–H groups in total. The first-order valence-corrected chi connectivity index (χ1v) is 9.09. The zero-order valence-electron chi connectivity index (χ0n) is 13.7. The molecule has 126 valence electrons. The number of hydrogen-bond donors (Lipinski definition) is 0. The van der Waals surface area contributed by atoms with E-state index >= 15 is 0 Å². The molecule has 4 rings (SSSR count). The lowest BCUT2D eigenvalue weighted by Gasteiger charge is -2.44. The van der Waals surface area contributed by atoms with Crippen molar-refractivity contribution in [2.75, 3.05) is 26.8 Å². The van der Waals surface area contributed by atoms with E-state index in [-0.39, 0.29) is 11.5 Å². The summed E-state index contributed by atoms with van der Waals surface area (Å²) in [6.07, 6.45) is 5.90. The lowest BCUT2D eigenvalue weighted by atomic mass is 9.82. The van der Waals surface area contributed by atoms with Crippen LogP contribution in [0.3, 0.4) is 0 Å². The molecule has 6 heteroatoms. The predicted octanol–water partition coefficient (Wildman–Crippen LogP) is 2.86. The number of carbonyl (C=O) groups is 1. The van der Waals surface area contributed by atoms with Gasteiger partial charge in [-0.3, -0.25) is 9.78 Å². The molecule has 0 aromatic carbocycles. The summed E-state index contributed by atoms with van der Waals surface area (Å²) in [5.41, 5.74) is 1.71. The summed E-state index contributed by atoms with van der Waals surface area (Å²) in [6, 6.07) is 3.92. The van der Waals surface area contributed by atoms with E-state index < -0.39 is 0 Å². The van der Waals surface area contributed by atoms with Crippen LogP contribution in [0.4, 0.5) is 0 Å². The molecule has 0 radical (unpaired) electrons. The topological polar surface area (TPSA) is 51.7 Å². The van der Waals surface area contributed by atoms with Gasteiger partial charge in [0.15, 0.2) is 0 Å². The molecule has 0 unspecified atom stereocenters. The Morgan fingerprint density at radius 1 is 1.38 bits per heavy atom. The van der Waals surface area contributed by atoms with Gasteiger partial charge in [0.05, 0.1) is 31.1 Å². The number of piperidine rings is 1. The second-order valence-corrected chi connectivity index (χ2v) is 7.22. The Hall–Kier alpha value is -1.92. The highest BCUT2D eigenvalue weighted by atomic mass is 32.1. The maximum absolute atomic E-state index is 12.8. The first-order chi connectivity index (χ1) is 11.7. The Balaban J connectivity index is 1.52. The fourth-order valence-corrected chi connectivity index (χ4v) is 4.68. The van der Waals surface area contributed by atoms with Crippen molar-refractivity contribution in [2.24, 2.45) is 0 Å². The van der Waals surface area contributed by atoms with Gasteiger partial charge in [0.25, 0.3) is 5.91 Å². The van der Waals surface area contributed by atoms with Gasteiger partial charge >= 0.3 is 0 Å². The van der Waals surface area contributed by atoms with Gasteiger partial charge in [-0.2, -0.15) is 0 Å². The van der Waals surface area contributed by atoms with E-state index in [2.05, 4.69) is 16.4 Å². The minimum Gasteiger partial charge on any atom is -0.494 e. The quantitative estimate of drug-likeness (QED) is 0.841. The summed E-state index contributed by atoms with van der Waals surface area (Å²) in [5.74, 6) is 0.530. The monoisotopic (exact) mass is 344 g/mol. The van der Waals surface area contributed by atoms with Crippen molar-refractivity contribution < 1.29 is 14.3 Å². The largest absolute Gasteiger partial charge is 0.494 e. The standard InChI is InChI=1S/C18H20N2O3S/c1-22-15-12-19-7-2-13(15)17(21)20-8-5-18(6-9-20)14-4-11-24-16(14)3-10-23-18/h2,4,7,11-12H,3,5-6,8-10H2,1H3. The van der Waals surface area contributed by atoms with Gasteiger partial charge in [0.1, 0.15) is 5.75 Å². The lowest BCUT2D eigenvalue weighted by Crippen LogP contribution is -2.48. The molecule has 0 aliphatic carbocycles. The molecule has 4 heterocycles. The summed E-state index contributed by atoms with van der Waals surface area (Å²) < 4.78 is 11.5. The van der Waals surface area contributed by atoms with Crippen molar-refractivity contribution in [3.63, 3.8) is 0 Å². The highest BCUT2D eigenvalue weighted by Crippen LogP contribution is 2.43. The van der Waals surface area contributed by atoms with Crippen LogP contribution in [0.2, 0.25) is 0 Å². The van der Waals surface area contributed by atoms with Crippen molar-refractivity contribution in [3.05, 3.63) is 45.9 Å². The highest BCUT2D eigenvalue weighted by molar-refractivity contribution is 7.10. The number of pyridine rings is 1. The van der Waals surface area contributed by atoms with E-state index in [4.69, 9.17) is 9.47 Å². The summed E-state index contributed by atoms with van der Waals surface area (Å²) in [5, 5.41) is 2.15. The first kappa shape index (κ1) is 15.6. The van der Waals surface area contributed by atoms with Crippen molar-refractivity contribution >= 4 is 17.2 Å². The number of fused-ring (bicyclic) bond motifs is 2. The Morgan fingerprint density at radius 3 is 3.00 bits per heavy atom. The number of methoxy groups -OCH3 is 1. The summed E-state index contributed by atoms with van der Waals surface area (Å²) in [6.45, 7) is 2.17. The second-order valence-electron chi connectivity index (χ2n) is 6.22. The van der Waals surface area contributed by atoms with Crippen LogP contribution < -0.4 is 4.74 Å². The lowest BCUT2D eigenvalue weighted by molar-refractivity contribution is -0.0926. The fraction of sp³-hybridized carbons (Fsp3) is 0.444. The summed E-state index contributed by atoms with van der Waals surface area (Å²) in [7, 11) is 1.56. The number of rotatable bonds is 2. The van der Waals surface area contributed by atoms with Crippen LogP contribution in [-0.2, 0) is 16.8 Å². The Kier molecular flexibility index (Phi) is 4.02. The molecule has 2 aliphatic rings. The first-order valence-electron chi connectivity index (χ1n) is 8.21. The summed E-state index contributed by atoms with van der Waals surface area (Å²) >= 11 is 1.82. The average molecular weight is 344 g/mol. The Morgan fingerprint density at radius 2 is 2.21 bits per heavy atom. The molecule has 2 aromatic heterocycles. The molecule has 1 fully saturated rings. The molecule has 5 nitrogen and oxygen atoms in total. The van der Waals surface area contributed by atoms with Crippen LogP contribution in [0.15, 0.2) is 29.9 Å². The van der Waals surface area contributed by atoms with Crippen molar-refractivity contribution in [2.45, 2.75) is 24.9 Å². The molecular formula is C18H20N2O3S. The molecule has 1 saturated heterocycles. The maximum atomic E-state index is 12.8. The van der Waals surface area contributed by atoms with Gasteiger partial charge < -0.3 is 14.4 Å². The minimum atomic E-state index is -0.202. The van der Waals surface area contributed by atoms with Crippen molar-refractivity contribution in [3.8, 4) is 5.75 Å². The zero-order chi connectivity index (χ0) is 16.6. The Bertz CT molecular complexity index is 750. The maximum Gasteiger partial charge on any atom is 0.257 e. The van der Waals surface area contributed by atoms with Crippen LogP contribution in [0.25, 0.3) is 0 Å². The second kappa shape index (κ2) is 6.18. The fourth-order valence-electron chi connectivity index (χ4n) is 3.73. The van der Waals surface area contributed by atoms with Gasteiger partial charge in [0, 0.05) is 30.6 Å².